The first-order valence-corrected chi connectivity index (χ1v) is 8.17. The van der Waals surface area contributed by atoms with Crippen molar-refractivity contribution in [2.75, 3.05) is 26.2 Å². The Hall–Kier alpha value is -1.42. The van der Waals surface area contributed by atoms with Crippen molar-refractivity contribution in [2.24, 2.45) is 5.92 Å². The van der Waals surface area contributed by atoms with Gasteiger partial charge in [0.05, 0.1) is 0 Å². The van der Waals surface area contributed by atoms with E-state index in [0.717, 1.165) is 39.0 Å². The molecule has 1 fully saturated rings. The zero-order chi connectivity index (χ0) is 14.9. The second-order valence-electron chi connectivity index (χ2n) is 5.91. The molecule has 1 saturated heterocycles. The van der Waals surface area contributed by atoms with Crippen molar-refractivity contribution in [1.29, 1.82) is 0 Å². The Morgan fingerprint density at radius 1 is 1.43 bits per heavy atom. The van der Waals surface area contributed by atoms with Crippen LogP contribution >= 0.6 is 0 Å². The smallest absolute Gasteiger partial charge is 0.222 e. The van der Waals surface area contributed by atoms with Crippen molar-refractivity contribution in [3.63, 3.8) is 0 Å². The number of aromatic nitrogens is 1. The van der Waals surface area contributed by atoms with Crippen LogP contribution in [0, 0.1) is 5.92 Å². The third-order valence-electron chi connectivity index (χ3n) is 4.10. The topological polar surface area (TPSA) is 45.2 Å². The van der Waals surface area contributed by atoms with Gasteiger partial charge in [0.2, 0.25) is 5.91 Å². The van der Waals surface area contributed by atoms with Crippen molar-refractivity contribution in [3.8, 4) is 0 Å². The van der Waals surface area contributed by atoms with Gasteiger partial charge in [-0.25, -0.2) is 0 Å². The van der Waals surface area contributed by atoms with Crippen LogP contribution in [0.1, 0.15) is 38.2 Å². The molecule has 1 amide bonds. The van der Waals surface area contributed by atoms with Gasteiger partial charge >= 0.3 is 0 Å². The summed E-state index contributed by atoms with van der Waals surface area (Å²) in [5.41, 5.74) is 1.19. The average molecular weight is 289 g/mol. The standard InChI is InChI=1S/C17H27N3O/c1-2-12-20(14-16-4-3-9-19-13-16)17(21)6-5-15-7-10-18-11-8-15/h7-8,10-11,16,19H,2-6,9,12-14H2,1H3. The zero-order valence-corrected chi connectivity index (χ0v) is 13.1. The Balaban J connectivity index is 1.82. The highest BCUT2D eigenvalue weighted by Gasteiger charge is 2.20. The van der Waals surface area contributed by atoms with Crippen molar-refractivity contribution in [3.05, 3.63) is 30.1 Å². The van der Waals surface area contributed by atoms with E-state index in [9.17, 15) is 4.79 Å². The summed E-state index contributed by atoms with van der Waals surface area (Å²) in [5, 5.41) is 3.43. The van der Waals surface area contributed by atoms with Crippen LogP contribution < -0.4 is 5.32 Å². The summed E-state index contributed by atoms with van der Waals surface area (Å²) in [4.78, 5) is 18.6. The Labute approximate surface area is 127 Å². The van der Waals surface area contributed by atoms with Gasteiger partial charge in [-0.3, -0.25) is 9.78 Å². The first kappa shape index (κ1) is 16.0. The van der Waals surface area contributed by atoms with Crippen LogP contribution in [-0.2, 0) is 11.2 Å². The molecule has 0 bridgehead atoms. The number of aryl methyl sites for hydroxylation is 1. The molecule has 0 aromatic carbocycles. The van der Waals surface area contributed by atoms with E-state index in [1.807, 2.05) is 12.1 Å². The minimum Gasteiger partial charge on any atom is -0.342 e. The molecule has 0 spiro atoms. The van der Waals surface area contributed by atoms with Crippen LogP contribution in [0.3, 0.4) is 0 Å². The number of carbonyl (C=O) groups is 1. The summed E-state index contributed by atoms with van der Waals surface area (Å²) >= 11 is 0. The highest BCUT2D eigenvalue weighted by atomic mass is 16.2. The molecular weight excluding hydrogens is 262 g/mol. The summed E-state index contributed by atoms with van der Waals surface area (Å²) in [6.07, 6.45) is 8.49. The van der Waals surface area contributed by atoms with Crippen LogP contribution in [0.5, 0.6) is 0 Å². The summed E-state index contributed by atoms with van der Waals surface area (Å²) in [5.74, 6) is 0.911. The van der Waals surface area contributed by atoms with E-state index in [0.29, 0.717) is 18.2 Å². The quantitative estimate of drug-likeness (QED) is 0.837. The molecule has 1 N–H and O–H groups in total. The minimum atomic E-state index is 0.291. The molecule has 1 aliphatic heterocycles. The maximum Gasteiger partial charge on any atom is 0.222 e. The molecule has 4 heteroatoms. The lowest BCUT2D eigenvalue weighted by atomic mass is 9.98. The third kappa shape index (κ3) is 5.46. The molecule has 4 nitrogen and oxygen atoms in total. The predicted molar refractivity (Wildman–Crippen MR) is 85.0 cm³/mol. The third-order valence-corrected chi connectivity index (χ3v) is 4.10. The van der Waals surface area contributed by atoms with Gasteiger partial charge in [-0.1, -0.05) is 6.92 Å². The molecule has 0 aliphatic carbocycles. The summed E-state index contributed by atoms with van der Waals surface area (Å²) < 4.78 is 0. The van der Waals surface area contributed by atoms with E-state index in [1.54, 1.807) is 12.4 Å². The number of nitrogens with zero attached hydrogens (tertiary/aromatic N) is 2. The number of pyridine rings is 1. The number of hydrogen-bond acceptors (Lipinski definition) is 3. The molecule has 2 rings (SSSR count). The largest absolute Gasteiger partial charge is 0.342 e. The summed E-state index contributed by atoms with van der Waals surface area (Å²) in [6.45, 7) is 6.11. The highest BCUT2D eigenvalue weighted by molar-refractivity contribution is 5.76. The van der Waals surface area contributed by atoms with Gasteiger partial charge in [-0.05, 0) is 62.4 Å². The molecule has 1 aliphatic rings. The van der Waals surface area contributed by atoms with Crippen LogP contribution in [0.4, 0.5) is 0 Å². The SMILES string of the molecule is CCCN(CC1CCCNC1)C(=O)CCc1ccncc1. The van der Waals surface area contributed by atoms with Gasteiger partial charge in [0.15, 0.2) is 0 Å². The van der Waals surface area contributed by atoms with Gasteiger partial charge in [-0.2, -0.15) is 0 Å². The predicted octanol–water partition coefficient (Wildman–Crippen LogP) is 2.25. The summed E-state index contributed by atoms with van der Waals surface area (Å²) in [7, 11) is 0. The van der Waals surface area contributed by atoms with Crippen LogP contribution in [0.15, 0.2) is 24.5 Å². The number of hydrogen-bond donors (Lipinski definition) is 1. The number of amides is 1. The lowest BCUT2D eigenvalue weighted by Crippen LogP contribution is -2.41. The van der Waals surface area contributed by atoms with E-state index >= 15 is 0 Å². The monoisotopic (exact) mass is 289 g/mol. The Morgan fingerprint density at radius 2 is 2.24 bits per heavy atom. The molecule has 0 radical (unpaired) electrons. The van der Waals surface area contributed by atoms with E-state index in [2.05, 4.69) is 22.1 Å². The maximum absolute atomic E-state index is 12.5. The molecular formula is C17H27N3O. The minimum absolute atomic E-state index is 0.291. The maximum atomic E-state index is 12.5. The highest BCUT2D eigenvalue weighted by Crippen LogP contribution is 2.13. The number of nitrogens with one attached hydrogen (secondary N) is 1. The van der Waals surface area contributed by atoms with Crippen LogP contribution in [-0.4, -0.2) is 42.0 Å². The van der Waals surface area contributed by atoms with Crippen molar-refractivity contribution in [1.82, 2.24) is 15.2 Å². The molecule has 1 unspecified atom stereocenters. The fourth-order valence-electron chi connectivity index (χ4n) is 2.94. The van der Waals surface area contributed by atoms with Crippen LogP contribution in [0.2, 0.25) is 0 Å². The normalized spacial score (nSPS) is 18.4. The second-order valence-corrected chi connectivity index (χ2v) is 5.91. The number of carbonyl (C=O) groups excluding carboxylic acids is 1. The molecule has 1 aromatic heterocycles. The van der Waals surface area contributed by atoms with Gasteiger partial charge in [-0.15, -0.1) is 0 Å². The van der Waals surface area contributed by atoms with Gasteiger partial charge < -0.3 is 10.2 Å². The average Bonchev–Trinajstić information content (AvgIpc) is 2.54. The van der Waals surface area contributed by atoms with E-state index < -0.39 is 0 Å². The van der Waals surface area contributed by atoms with E-state index in [4.69, 9.17) is 0 Å². The summed E-state index contributed by atoms with van der Waals surface area (Å²) in [6, 6.07) is 3.98. The lowest BCUT2D eigenvalue weighted by molar-refractivity contribution is -0.132. The fourth-order valence-corrected chi connectivity index (χ4v) is 2.94. The lowest BCUT2D eigenvalue weighted by Gasteiger charge is -2.30. The Kier molecular flexibility index (Phi) is 6.67. The van der Waals surface area contributed by atoms with E-state index in [1.165, 1.54) is 18.4 Å². The van der Waals surface area contributed by atoms with Crippen LogP contribution in [0.25, 0.3) is 0 Å². The molecule has 1 atom stereocenters. The number of rotatable bonds is 7. The van der Waals surface area contributed by atoms with Gasteiger partial charge in [0.1, 0.15) is 0 Å². The van der Waals surface area contributed by atoms with Crippen molar-refractivity contribution in [2.45, 2.75) is 39.0 Å². The fraction of sp³-hybridized carbons (Fsp3) is 0.647. The van der Waals surface area contributed by atoms with E-state index in [-0.39, 0.29) is 0 Å². The van der Waals surface area contributed by atoms with Crippen molar-refractivity contribution < 1.29 is 4.79 Å². The Morgan fingerprint density at radius 3 is 2.90 bits per heavy atom. The molecule has 116 valence electrons. The van der Waals surface area contributed by atoms with Gasteiger partial charge in [0.25, 0.3) is 0 Å². The molecule has 21 heavy (non-hydrogen) atoms. The first-order valence-electron chi connectivity index (χ1n) is 8.17. The van der Waals surface area contributed by atoms with Crippen molar-refractivity contribution >= 4 is 5.91 Å². The molecule has 1 aromatic rings. The second kappa shape index (κ2) is 8.78. The zero-order valence-electron chi connectivity index (χ0n) is 13.1. The Bertz CT molecular complexity index is 415. The molecule has 0 saturated carbocycles. The van der Waals surface area contributed by atoms with Gasteiger partial charge in [0, 0.05) is 31.9 Å². The molecule has 2 heterocycles. The number of piperidine rings is 1. The first-order chi connectivity index (χ1) is 10.3.